The molecule has 2 rings (SSSR count). The second-order valence-electron chi connectivity index (χ2n) is 5.68. The number of carbonyl (C=O) groups excluding carboxylic acids is 2. The van der Waals surface area contributed by atoms with E-state index in [4.69, 9.17) is 5.73 Å². The van der Waals surface area contributed by atoms with Crippen LogP contribution in [-0.2, 0) is 9.59 Å². The molecule has 2 amide bonds. The number of carbonyl (C=O) groups is 2. The van der Waals surface area contributed by atoms with Gasteiger partial charge in [0.2, 0.25) is 11.8 Å². The molecule has 0 bridgehead atoms. The Morgan fingerprint density at radius 3 is 2.22 bits per heavy atom. The van der Waals surface area contributed by atoms with Gasteiger partial charge in [0.25, 0.3) is 0 Å². The highest BCUT2D eigenvalue weighted by Crippen LogP contribution is 2.34. The summed E-state index contributed by atoms with van der Waals surface area (Å²) in [7, 11) is 0. The number of piperidine rings is 1. The summed E-state index contributed by atoms with van der Waals surface area (Å²) in [5.41, 5.74) is 7.68. The average molecular weight is 246 g/mol. The Morgan fingerprint density at radius 1 is 1.17 bits per heavy atom. The number of hydrogen-bond donors (Lipinski definition) is 1. The van der Waals surface area contributed by atoms with E-state index in [-0.39, 0.29) is 17.2 Å². The Kier molecular flexibility index (Phi) is 2.89. The lowest BCUT2D eigenvalue weighted by molar-refractivity contribution is -0.132. The topological polar surface area (TPSA) is 63.4 Å². The van der Waals surface area contributed by atoms with Crippen LogP contribution in [-0.4, -0.2) is 11.8 Å². The molecule has 18 heavy (non-hydrogen) atoms. The molecule has 1 aromatic rings. The van der Waals surface area contributed by atoms with Crippen molar-refractivity contribution in [3.63, 3.8) is 0 Å². The monoisotopic (exact) mass is 246 g/mol. The number of hydrogen-bond acceptors (Lipinski definition) is 3. The lowest BCUT2D eigenvalue weighted by Gasteiger charge is -2.34. The van der Waals surface area contributed by atoms with Gasteiger partial charge in [0.1, 0.15) is 0 Å². The standard InChI is InChI=1S/C14H18N2O2/c1-9-4-5-10(6-11(9)15)16-12(17)7-14(2,3)8-13(16)18/h4-6H,7-8,15H2,1-3H3. The number of nitrogens with two attached hydrogens (primary N) is 1. The zero-order valence-electron chi connectivity index (χ0n) is 11.0. The molecule has 0 radical (unpaired) electrons. The number of imide groups is 1. The minimum Gasteiger partial charge on any atom is -0.398 e. The molecule has 0 aliphatic carbocycles. The van der Waals surface area contributed by atoms with Crippen LogP contribution in [0.4, 0.5) is 11.4 Å². The number of anilines is 2. The van der Waals surface area contributed by atoms with Crippen LogP contribution < -0.4 is 10.6 Å². The summed E-state index contributed by atoms with van der Waals surface area (Å²) < 4.78 is 0. The van der Waals surface area contributed by atoms with E-state index in [2.05, 4.69) is 0 Å². The number of benzene rings is 1. The zero-order chi connectivity index (χ0) is 13.5. The van der Waals surface area contributed by atoms with Crippen molar-refractivity contribution >= 4 is 23.2 Å². The van der Waals surface area contributed by atoms with Crippen LogP contribution >= 0.6 is 0 Å². The molecular weight excluding hydrogens is 228 g/mol. The molecule has 96 valence electrons. The van der Waals surface area contributed by atoms with Crippen LogP contribution in [0.1, 0.15) is 32.3 Å². The zero-order valence-corrected chi connectivity index (χ0v) is 11.0. The van der Waals surface area contributed by atoms with Crippen molar-refractivity contribution in [1.29, 1.82) is 0 Å². The summed E-state index contributed by atoms with van der Waals surface area (Å²) in [6.45, 7) is 5.76. The summed E-state index contributed by atoms with van der Waals surface area (Å²) >= 11 is 0. The summed E-state index contributed by atoms with van der Waals surface area (Å²) in [5, 5.41) is 0. The third-order valence-corrected chi connectivity index (χ3v) is 3.28. The predicted molar refractivity (Wildman–Crippen MR) is 71.1 cm³/mol. The molecule has 2 N–H and O–H groups in total. The molecule has 0 saturated carbocycles. The van der Waals surface area contributed by atoms with Crippen molar-refractivity contribution in [2.45, 2.75) is 33.6 Å². The van der Waals surface area contributed by atoms with Crippen LogP contribution in [0.15, 0.2) is 18.2 Å². The maximum Gasteiger partial charge on any atom is 0.234 e. The Balaban J connectivity index is 2.36. The number of nitrogens with zero attached hydrogens (tertiary/aromatic N) is 1. The molecule has 1 fully saturated rings. The van der Waals surface area contributed by atoms with Crippen molar-refractivity contribution in [2.75, 3.05) is 10.6 Å². The molecule has 0 atom stereocenters. The molecule has 4 heteroatoms. The van der Waals surface area contributed by atoms with Crippen LogP contribution in [0.2, 0.25) is 0 Å². The summed E-state index contributed by atoms with van der Waals surface area (Å²) in [5.74, 6) is -0.306. The fourth-order valence-electron chi connectivity index (χ4n) is 2.23. The van der Waals surface area contributed by atoms with E-state index in [0.717, 1.165) is 5.56 Å². The van der Waals surface area contributed by atoms with E-state index in [1.807, 2.05) is 26.8 Å². The van der Waals surface area contributed by atoms with Gasteiger partial charge in [-0.25, -0.2) is 0 Å². The molecule has 0 spiro atoms. The first-order chi connectivity index (χ1) is 8.30. The van der Waals surface area contributed by atoms with Gasteiger partial charge in [0, 0.05) is 18.5 Å². The van der Waals surface area contributed by atoms with Crippen molar-refractivity contribution in [3.05, 3.63) is 23.8 Å². The van der Waals surface area contributed by atoms with Gasteiger partial charge < -0.3 is 5.73 Å². The van der Waals surface area contributed by atoms with Gasteiger partial charge in [-0.3, -0.25) is 14.5 Å². The fourth-order valence-corrected chi connectivity index (χ4v) is 2.23. The van der Waals surface area contributed by atoms with E-state index in [9.17, 15) is 9.59 Å². The van der Waals surface area contributed by atoms with Crippen LogP contribution in [0.25, 0.3) is 0 Å². The molecule has 1 saturated heterocycles. The lowest BCUT2D eigenvalue weighted by Crippen LogP contribution is -2.46. The maximum absolute atomic E-state index is 12.1. The lowest BCUT2D eigenvalue weighted by atomic mass is 9.81. The Labute approximate surface area is 107 Å². The molecular formula is C14H18N2O2. The smallest absolute Gasteiger partial charge is 0.234 e. The quantitative estimate of drug-likeness (QED) is 0.610. The van der Waals surface area contributed by atoms with Gasteiger partial charge in [-0.05, 0) is 30.0 Å². The predicted octanol–water partition coefficient (Wildman–Crippen LogP) is 2.26. The van der Waals surface area contributed by atoms with E-state index < -0.39 is 0 Å². The highest BCUT2D eigenvalue weighted by molar-refractivity contribution is 6.17. The van der Waals surface area contributed by atoms with Gasteiger partial charge in [-0.1, -0.05) is 19.9 Å². The highest BCUT2D eigenvalue weighted by Gasteiger charge is 2.38. The normalized spacial score (nSPS) is 19.2. The third-order valence-electron chi connectivity index (χ3n) is 3.28. The molecule has 1 aliphatic heterocycles. The van der Waals surface area contributed by atoms with Gasteiger partial charge in [0.15, 0.2) is 0 Å². The minimum absolute atomic E-state index is 0.153. The number of rotatable bonds is 1. The van der Waals surface area contributed by atoms with Crippen molar-refractivity contribution in [2.24, 2.45) is 5.41 Å². The highest BCUT2D eigenvalue weighted by atomic mass is 16.2. The van der Waals surface area contributed by atoms with E-state index in [0.29, 0.717) is 24.2 Å². The Hall–Kier alpha value is -1.84. The largest absolute Gasteiger partial charge is 0.398 e. The molecule has 4 nitrogen and oxygen atoms in total. The molecule has 1 aromatic carbocycles. The average Bonchev–Trinajstić information content (AvgIpc) is 2.20. The van der Waals surface area contributed by atoms with Crippen molar-refractivity contribution in [3.8, 4) is 0 Å². The SMILES string of the molecule is Cc1ccc(N2C(=O)CC(C)(C)CC2=O)cc1N. The summed E-state index contributed by atoms with van der Waals surface area (Å²) in [6, 6.07) is 5.27. The molecule has 1 aliphatic rings. The van der Waals surface area contributed by atoms with E-state index in [1.165, 1.54) is 4.90 Å². The number of amides is 2. The van der Waals surface area contributed by atoms with Crippen molar-refractivity contribution < 1.29 is 9.59 Å². The first-order valence-electron chi connectivity index (χ1n) is 6.02. The van der Waals surface area contributed by atoms with Gasteiger partial charge >= 0.3 is 0 Å². The van der Waals surface area contributed by atoms with Crippen molar-refractivity contribution in [1.82, 2.24) is 0 Å². The number of nitrogen functional groups attached to an aromatic ring is 1. The minimum atomic E-state index is -0.249. The maximum atomic E-state index is 12.1. The van der Waals surface area contributed by atoms with Gasteiger partial charge in [0.05, 0.1) is 5.69 Å². The van der Waals surface area contributed by atoms with E-state index >= 15 is 0 Å². The van der Waals surface area contributed by atoms with Crippen LogP contribution in [0.5, 0.6) is 0 Å². The fraction of sp³-hybridized carbons (Fsp3) is 0.429. The van der Waals surface area contributed by atoms with Gasteiger partial charge in [-0.15, -0.1) is 0 Å². The molecule has 0 aromatic heterocycles. The van der Waals surface area contributed by atoms with Gasteiger partial charge in [-0.2, -0.15) is 0 Å². The Morgan fingerprint density at radius 2 is 1.72 bits per heavy atom. The van der Waals surface area contributed by atoms with Crippen LogP contribution in [0, 0.1) is 12.3 Å². The summed E-state index contributed by atoms with van der Waals surface area (Å²) in [4.78, 5) is 25.4. The first kappa shape index (κ1) is 12.6. The number of aryl methyl sites for hydroxylation is 1. The second-order valence-corrected chi connectivity index (χ2v) is 5.68. The van der Waals surface area contributed by atoms with Crippen LogP contribution in [0.3, 0.4) is 0 Å². The molecule has 0 unspecified atom stereocenters. The second kappa shape index (κ2) is 4.12. The first-order valence-corrected chi connectivity index (χ1v) is 6.02. The molecule has 1 heterocycles. The Bertz CT molecular complexity index is 501. The third kappa shape index (κ3) is 2.23. The van der Waals surface area contributed by atoms with E-state index in [1.54, 1.807) is 12.1 Å². The summed E-state index contributed by atoms with van der Waals surface area (Å²) in [6.07, 6.45) is 0.763.